The lowest BCUT2D eigenvalue weighted by molar-refractivity contribution is 0.0473. The number of carbonyl (C=O) groups excluding carboxylic acids is 1. The van der Waals surface area contributed by atoms with E-state index < -0.39 is 5.60 Å². The molecule has 1 rings (SSSR count). The summed E-state index contributed by atoms with van der Waals surface area (Å²) >= 11 is 0. The van der Waals surface area contributed by atoms with Crippen molar-refractivity contribution in [2.45, 2.75) is 65.1 Å². The van der Waals surface area contributed by atoms with Gasteiger partial charge in [0.25, 0.3) is 0 Å². The largest absolute Gasteiger partial charge is 0.444 e. The van der Waals surface area contributed by atoms with Gasteiger partial charge in [0.05, 0.1) is 0 Å². The monoisotopic (exact) mass is 242 g/mol. The maximum Gasteiger partial charge on any atom is 0.407 e. The first-order valence-corrected chi connectivity index (χ1v) is 6.52. The molecular weight excluding hydrogens is 216 g/mol. The molecule has 0 saturated carbocycles. The average Bonchev–Trinajstić information content (AvgIpc) is 2.14. The minimum atomic E-state index is -0.431. The van der Waals surface area contributed by atoms with E-state index in [-0.39, 0.29) is 12.1 Å². The molecule has 1 amide bonds. The van der Waals surface area contributed by atoms with Crippen molar-refractivity contribution < 1.29 is 9.53 Å². The van der Waals surface area contributed by atoms with E-state index in [2.05, 4.69) is 24.5 Å². The summed E-state index contributed by atoms with van der Waals surface area (Å²) in [6.07, 6.45) is 1.82. The Hall–Kier alpha value is -0.770. The normalized spacial score (nSPS) is 25.8. The zero-order valence-electron chi connectivity index (χ0n) is 11.7. The van der Waals surface area contributed by atoms with Crippen LogP contribution in [-0.2, 0) is 4.74 Å². The topological polar surface area (TPSA) is 50.4 Å². The van der Waals surface area contributed by atoms with Gasteiger partial charge in [-0.1, -0.05) is 13.8 Å². The molecule has 4 nitrogen and oxygen atoms in total. The summed E-state index contributed by atoms with van der Waals surface area (Å²) in [6.45, 7) is 11.0. The molecule has 0 aromatic heterocycles. The summed E-state index contributed by atoms with van der Waals surface area (Å²) in [5.41, 5.74) is -0.431. The van der Waals surface area contributed by atoms with E-state index in [1.54, 1.807) is 0 Å². The summed E-state index contributed by atoms with van der Waals surface area (Å²) in [4.78, 5) is 11.7. The number of hydrogen-bond acceptors (Lipinski definition) is 3. The van der Waals surface area contributed by atoms with E-state index in [1.165, 1.54) is 0 Å². The van der Waals surface area contributed by atoms with Gasteiger partial charge in [-0.2, -0.15) is 0 Å². The molecule has 1 aliphatic heterocycles. The third-order valence-corrected chi connectivity index (χ3v) is 2.93. The molecule has 2 N–H and O–H groups in total. The molecule has 17 heavy (non-hydrogen) atoms. The summed E-state index contributed by atoms with van der Waals surface area (Å²) in [5, 5.41) is 6.45. The molecule has 0 aliphatic carbocycles. The third kappa shape index (κ3) is 4.94. The number of rotatable bonds is 2. The summed E-state index contributed by atoms with van der Waals surface area (Å²) < 4.78 is 5.29. The first-order chi connectivity index (χ1) is 7.79. The predicted molar refractivity (Wildman–Crippen MR) is 69.0 cm³/mol. The van der Waals surface area contributed by atoms with E-state index in [0.29, 0.717) is 12.0 Å². The van der Waals surface area contributed by atoms with E-state index in [1.807, 2.05) is 20.8 Å². The highest BCUT2D eigenvalue weighted by Gasteiger charge is 2.29. The van der Waals surface area contributed by atoms with E-state index in [9.17, 15) is 4.79 Å². The van der Waals surface area contributed by atoms with E-state index >= 15 is 0 Å². The SMILES string of the molecule is CC(C)[C@H]1NCCC[C@@H]1NC(=O)OC(C)(C)C. The quantitative estimate of drug-likeness (QED) is 0.781. The average molecular weight is 242 g/mol. The van der Waals surface area contributed by atoms with Crippen LogP contribution in [0.1, 0.15) is 47.5 Å². The maximum atomic E-state index is 11.7. The highest BCUT2D eigenvalue weighted by Crippen LogP contribution is 2.16. The number of nitrogens with one attached hydrogen (secondary N) is 2. The second-order valence-corrected chi connectivity index (χ2v) is 6.12. The Morgan fingerprint density at radius 1 is 1.41 bits per heavy atom. The first-order valence-electron chi connectivity index (χ1n) is 6.52. The van der Waals surface area contributed by atoms with Crippen molar-refractivity contribution in [3.05, 3.63) is 0 Å². The lowest BCUT2D eigenvalue weighted by Gasteiger charge is -2.36. The van der Waals surface area contributed by atoms with Crippen LogP contribution in [0.25, 0.3) is 0 Å². The number of ether oxygens (including phenoxy) is 1. The standard InChI is InChI=1S/C13H26N2O2/c1-9(2)11-10(7-6-8-14-11)15-12(16)17-13(3,4)5/h9-11,14H,6-8H2,1-5H3,(H,15,16)/t10-,11+/m0/s1. The second kappa shape index (κ2) is 5.71. The number of alkyl carbamates (subject to hydrolysis) is 1. The summed E-state index contributed by atoms with van der Waals surface area (Å²) in [5.74, 6) is 0.509. The minimum Gasteiger partial charge on any atom is -0.444 e. The van der Waals surface area contributed by atoms with Gasteiger partial charge in [0.2, 0.25) is 0 Å². The highest BCUT2D eigenvalue weighted by atomic mass is 16.6. The molecule has 2 atom stereocenters. The Labute approximate surface area is 104 Å². The molecular formula is C13H26N2O2. The van der Waals surface area contributed by atoms with Gasteiger partial charge in [-0.15, -0.1) is 0 Å². The fraction of sp³-hybridized carbons (Fsp3) is 0.923. The zero-order chi connectivity index (χ0) is 13.1. The molecule has 100 valence electrons. The Morgan fingerprint density at radius 2 is 2.06 bits per heavy atom. The molecule has 0 aromatic rings. The number of carbonyl (C=O) groups is 1. The van der Waals surface area contributed by atoms with Crippen molar-refractivity contribution in [2.75, 3.05) is 6.54 Å². The molecule has 1 saturated heterocycles. The van der Waals surface area contributed by atoms with Gasteiger partial charge >= 0.3 is 6.09 Å². The van der Waals surface area contributed by atoms with Crippen LogP contribution >= 0.6 is 0 Å². The maximum absolute atomic E-state index is 11.7. The van der Waals surface area contributed by atoms with Crippen LogP contribution < -0.4 is 10.6 Å². The molecule has 0 aromatic carbocycles. The molecule has 0 bridgehead atoms. The molecule has 1 heterocycles. The fourth-order valence-electron chi connectivity index (χ4n) is 2.23. The fourth-order valence-corrected chi connectivity index (χ4v) is 2.23. The zero-order valence-corrected chi connectivity index (χ0v) is 11.7. The van der Waals surface area contributed by atoms with Crippen LogP contribution in [0.3, 0.4) is 0 Å². The molecule has 1 fully saturated rings. The Balaban J connectivity index is 2.50. The summed E-state index contributed by atoms with van der Waals surface area (Å²) in [7, 11) is 0. The molecule has 0 unspecified atom stereocenters. The van der Waals surface area contributed by atoms with Crippen LogP contribution in [0.15, 0.2) is 0 Å². The van der Waals surface area contributed by atoms with Crippen LogP contribution in [0, 0.1) is 5.92 Å². The smallest absolute Gasteiger partial charge is 0.407 e. The molecule has 0 spiro atoms. The van der Waals surface area contributed by atoms with Gasteiger partial charge in [0, 0.05) is 12.1 Å². The Morgan fingerprint density at radius 3 is 2.59 bits per heavy atom. The van der Waals surface area contributed by atoms with Crippen molar-refractivity contribution in [2.24, 2.45) is 5.92 Å². The van der Waals surface area contributed by atoms with Crippen LogP contribution in [0.5, 0.6) is 0 Å². The first kappa shape index (κ1) is 14.3. The number of amides is 1. The summed E-state index contributed by atoms with van der Waals surface area (Å²) in [6, 6.07) is 0.523. The van der Waals surface area contributed by atoms with Gasteiger partial charge in [-0.3, -0.25) is 0 Å². The second-order valence-electron chi connectivity index (χ2n) is 6.12. The van der Waals surface area contributed by atoms with Gasteiger partial charge in [-0.05, 0) is 46.1 Å². The third-order valence-electron chi connectivity index (χ3n) is 2.93. The van der Waals surface area contributed by atoms with E-state index in [0.717, 1.165) is 19.4 Å². The Kier molecular flexibility index (Phi) is 4.80. The predicted octanol–water partition coefficient (Wildman–Crippen LogP) is 2.29. The lowest BCUT2D eigenvalue weighted by Crippen LogP contribution is -2.56. The van der Waals surface area contributed by atoms with Crippen LogP contribution in [0.2, 0.25) is 0 Å². The highest BCUT2D eigenvalue weighted by molar-refractivity contribution is 5.68. The van der Waals surface area contributed by atoms with Crippen molar-refractivity contribution >= 4 is 6.09 Å². The van der Waals surface area contributed by atoms with Crippen molar-refractivity contribution in [3.8, 4) is 0 Å². The van der Waals surface area contributed by atoms with Crippen molar-refractivity contribution in [1.82, 2.24) is 10.6 Å². The molecule has 0 radical (unpaired) electrons. The van der Waals surface area contributed by atoms with Crippen molar-refractivity contribution in [1.29, 1.82) is 0 Å². The number of hydrogen-bond donors (Lipinski definition) is 2. The van der Waals surface area contributed by atoms with Gasteiger partial charge < -0.3 is 15.4 Å². The number of piperidine rings is 1. The lowest BCUT2D eigenvalue weighted by atomic mass is 9.90. The molecule has 1 aliphatic rings. The van der Waals surface area contributed by atoms with Gasteiger partial charge in [0.15, 0.2) is 0 Å². The minimum absolute atomic E-state index is 0.179. The van der Waals surface area contributed by atoms with Gasteiger partial charge in [-0.25, -0.2) is 4.79 Å². The van der Waals surface area contributed by atoms with Crippen LogP contribution in [-0.4, -0.2) is 30.3 Å². The van der Waals surface area contributed by atoms with Crippen molar-refractivity contribution in [3.63, 3.8) is 0 Å². The van der Waals surface area contributed by atoms with Gasteiger partial charge in [0.1, 0.15) is 5.60 Å². The Bertz CT molecular complexity index is 259. The molecule has 4 heteroatoms. The van der Waals surface area contributed by atoms with E-state index in [4.69, 9.17) is 4.74 Å². The van der Waals surface area contributed by atoms with Crippen LogP contribution in [0.4, 0.5) is 4.79 Å².